The van der Waals surface area contributed by atoms with Crippen LogP contribution >= 0.6 is 0 Å². The van der Waals surface area contributed by atoms with Gasteiger partial charge in [-0.15, -0.1) is 17.8 Å². The number of hydrogen-bond acceptors (Lipinski definition) is 16. The van der Waals surface area contributed by atoms with E-state index < -0.39 is 17.5 Å². The zero-order valence-corrected chi connectivity index (χ0v) is 28.7. The van der Waals surface area contributed by atoms with Gasteiger partial charge in [0.15, 0.2) is 0 Å². The van der Waals surface area contributed by atoms with Crippen molar-refractivity contribution < 1.29 is 70.2 Å². The van der Waals surface area contributed by atoms with Crippen LogP contribution in [0.1, 0.15) is 46.8 Å². The Hall–Kier alpha value is -7.96. The number of nitrogens with one attached hydrogen (secondary N) is 2. The summed E-state index contributed by atoms with van der Waals surface area (Å²) >= 11 is 0. The third-order valence-corrected chi connectivity index (χ3v) is 5.48. The fourth-order valence-corrected chi connectivity index (χ4v) is 3.09. The van der Waals surface area contributed by atoms with Gasteiger partial charge in [0, 0.05) is 7.13 Å². The highest BCUT2D eigenvalue weighted by Crippen LogP contribution is 2.16. The van der Waals surface area contributed by atoms with Crippen molar-refractivity contribution in [2.45, 2.75) is 26.7 Å². The molecular weight excluding hydrogens is 746 g/mol. The third kappa shape index (κ3) is 23.3. The normalized spacial score (nSPS) is 10.5. The molecule has 4 N–H and O–H groups in total. The summed E-state index contributed by atoms with van der Waals surface area (Å²) in [4.78, 5) is 40.2. The minimum absolute atomic E-state index is 0. The van der Waals surface area contributed by atoms with E-state index in [9.17, 15) is 14.4 Å². The quantitative estimate of drug-likeness (QED) is 0.0385. The molecule has 5 rings (SSSR count). The summed E-state index contributed by atoms with van der Waals surface area (Å²) in [6, 6.07) is 21.1. The number of hydrogen-bond donors (Lipinski definition) is 4. The highest BCUT2D eigenvalue weighted by molar-refractivity contribution is 5.86. The molecule has 1 fully saturated rings. The van der Waals surface area contributed by atoms with Gasteiger partial charge in [-0.1, -0.05) is 73.1 Å². The molecular formula is C40H41N3O14. The molecule has 0 radical (unpaired) electrons. The Kier molecular flexibility index (Phi) is 25.2. The Morgan fingerprint density at radius 3 is 1.70 bits per heavy atom. The summed E-state index contributed by atoms with van der Waals surface area (Å²) in [6.45, 7) is 1.44. The van der Waals surface area contributed by atoms with Crippen LogP contribution in [-0.4, -0.2) is 52.1 Å². The van der Waals surface area contributed by atoms with Gasteiger partial charge >= 0.3 is 11.9 Å². The van der Waals surface area contributed by atoms with Crippen molar-refractivity contribution in [3.05, 3.63) is 106 Å². The maximum absolute atomic E-state index is 11.7. The number of aromatic amines is 1. The Balaban J connectivity index is -0.000000238. The molecule has 4 aromatic rings. The summed E-state index contributed by atoms with van der Waals surface area (Å²) in [5, 5.41) is 23.0. The lowest BCUT2D eigenvalue weighted by Gasteiger charge is -2.01. The highest BCUT2D eigenvalue weighted by Gasteiger charge is 2.24. The van der Waals surface area contributed by atoms with Gasteiger partial charge in [-0.2, -0.15) is 5.16 Å². The number of esters is 2. The molecule has 1 saturated heterocycles. The highest BCUT2D eigenvalue weighted by atomic mass is 17.5. The molecule has 0 saturated carbocycles. The molecule has 17 heteroatoms. The van der Waals surface area contributed by atoms with Crippen LogP contribution in [-0.2, 0) is 42.4 Å². The molecule has 2 aromatic carbocycles. The van der Waals surface area contributed by atoms with Crippen molar-refractivity contribution >= 4 is 11.9 Å². The van der Waals surface area contributed by atoms with Crippen LogP contribution < -0.4 is 15.9 Å². The molecule has 1 atom stereocenters. The van der Waals surface area contributed by atoms with Crippen LogP contribution in [0.2, 0.25) is 0 Å². The molecule has 57 heavy (non-hydrogen) atoms. The predicted octanol–water partition coefficient (Wildman–Crippen LogP) is 4.59. The van der Waals surface area contributed by atoms with Crippen molar-refractivity contribution in [2.24, 2.45) is 0 Å². The first-order chi connectivity index (χ1) is 27.4. The second-order valence-corrected chi connectivity index (χ2v) is 9.37. The van der Waals surface area contributed by atoms with Crippen LogP contribution in [0, 0.1) is 83.9 Å². The van der Waals surface area contributed by atoms with E-state index in [2.05, 4.69) is 95.7 Å². The maximum atomic E-state index is 11.7. The number of aromatic nitrogens is 2. The summed E-state index contributed by atoms with van der Waals surface area (Å²) in [7, 11) is 0. The van der Waals surface area contributed by atoms with Crippen LogP contribution in [0.4, 0.5) is 0 Å². The molecule has 0 aliphatic carbocycles. The smallest absolute Gasteiger partial charge is 0.377 e. The van der Waals surface area contributed by atoms with E-state index in [0.29, 0.717) is 13.2 Å². The second-order valence-electron chi connectivity index (χ2n) is 9.37. The van der Waals surface area contributed by atoms with E-state index in [1.807, 2.05) is 65.8 Å². The molecule has 3 heterocycles. The predicted molar refractivity (Wildman–Crippen MR) is 208 cm³/mol. The molecule has 1 aliphatic rings. The van der Waals surface area contributed by atoms with Crippen molar-refractivity contribution in [3.63, 3.8) is 0 Å². The molecule has 17 nitrogen and oxygen atoms in total. The largest absolute Gasteiger partial charge is 0.473 e. The molecule has 300 valence electrons. The van der Waals surface area contributed by atoms with Crippen molar-refractivity contribution in [2.75, 3.05) is 13.2 Å². The molecule has 1 aliphatic heterocycles. The van der Waals surface area contributed by atoms with Crippen LogP contribution in [0.5, 0.6) is 5.88 Å². The van der Waals surface area contributed by atoms with Gasteiger partial charge in [0.2, 0.25) is 11.5 Å². The fraction of sp³-hybridized carbons (Fsp3) is 0.150. The summed E-state index contributed by atoms with van der Waals surface area (Å²) < 4.78 is 29.8. The molecule has 0 unspecified atom stereocenters. The number of benzene rings is 2. The van der Waals surface area contributed by atoms with Gasteiger partial charge in [0.05, 0.1) is 18.7 Å². The Morgan fingerprint density at radius 1 is 0.807 bits per heavy atom. The van der Waals surface area contributed by atoms with Gasteiger partial charge in [-0.05, 0) is 98.0 Å². The Labute approximate surface area is 333 Å². The number of carbonyl (C=O) groups excluding carboxylic acids is 2. The monoisotopic (exact) mass is 787 g/mol. The number of ether oxygens (including phenoxy) is 4. The van der Waals surface area contributed by atoms with Crippen LogP contribution in [0.25, 0.3) is 0 Å². The first-order valence-electron chi connectivity index (χ1n) is 15.2. The van der Waals surface area contributed by atoms with Gasteiger partial charge < -0.3 is 28.0 Å². The number of nitrogens with zero attached hydrogens (tertiary/aromatic N) is 1. The lowest BCUT2D eigenvalue weighted by Crippen LogP contribution is -2.11. The van der Waals surface area contributed by atoms with E-state index in [-0.39, 0.29) is 51.3 Å². The number of rotatable bonds is 12. The lowest BCUT2D eigenvalue weighted by molar-refractivity contribution is -0.571. The zero-order chi connectivity index (χ0) is 40.5. The summed E-state index contributed by atoms with van der Waals surface area (Å²) in [5.41, 5.74) is 2.59. The van der Waals surface area contributed by atoms with Gasteiger partial charge in [-0.3, -0.25) is 4.79 Å². The Bertz CT molecular complexity index is 2240. The van der Waals surface area contributed by atoms with Crippen molar-refractivity contribution in [1.82, 2.24) is 16.0 Å². The maximum Gasteiger partial charge on any atom is 0.377 e. The van der Waals surface area contributed by atoms with Crippen molar-refractivity contribution in [1.29, 1.82) is 0 Å². The lowest BCUT2D eigenvalue weighted by atomic mass is 10.2. The van der Waals surface area contributed by atoms with E-state index >= 15 is 0 Å². The van der Waals surface area contributed by atoms with Gasteiger partial charge in [0.25, 0.3) is 11.4 Å². The van der Waals surface area contributed by atoms with E-state index in [1.54, 1.807) is 0 Å². The molecule has 0 bridgehead atoms. The SMILES string of the molecule is C.C#CC#CC#CC#CC#CC#CC#C.O=C(OCc1ccccc1)c1cc(=O)[nH]o1.O=C(OCc1ccccc1)c1cc(OC[C@H]2CO2)no1.OONOOO.[HH].[HH].[HH].[HH].[HH]. The zero-order valence-electron chi connectivity index (χ0n) is 28.7. The van der Waals surface area contributed by atoms with E-state index in [0.717, 1.165) is 17.2 Å². The fourth-order valence-electron chi connectivity index (χ4n) is 3.09. The van der Waals surface area contributed by atoms with Crippen molar-refractivity contribution in [3.8, 4) is 89.8 Å². The van der Waals surface area contributed by atoms with Gasteiger partial charge in [-0.25, -0.2) is 20.1 Å². The summed E-state index contributed by atoms with van der Waals surface area (Å²) in [5.74, 6) is 27.2. The van der Waals surface area contributed by atoms with E-state index in [1.165, 1.54) is 11.7 Å². The van der Waals surface area contributed by atoms with Crippen LogP contribution in [0.3, 0.4) is 0 Å². The minimum Gasteiger partial charge on any atom is -0.473 e. The molecule has 2 aromatic heterocycles. The minimum atomic E-state index is -0.665. The Morgan fingerprint density at radius 2 is 1.30 bits per heavy atom. The number of epoxide rings is 1. The first-order valence-corrected chi connectivity index (χ1v) is 15.2. The first kappa shape index (κ1) is 47.1. The molecule has 0 spiro atoms. The molecule has 0 amide bonds. The number of carbonyl (C=O) groups is 2. The van der Waals surface area contributed by atoms with E-state index in [4.69, 9.17) is 46.8 Å². The second kappa shape index (κ2) is 30.5. The van der Waals surface area contributed by atoms with Gasteiger partial charge in [0.1, 0.15) is 25.9 Å². The number of H-pyrrole nitrogens is 1. The number of terminal acetylenes is 2. The topological polar surface area (TPSA) is 227 Å². The third-order valence-electron chi connectivity index (χ3n) is 5.48. The van der Waals surface area contributed by atoms with Crippen LogP contribution in [0.15, 0.2) is 86.6 Å². The average Bonchev–Trinajstić information content (AvgIpc) is 3.76. The summed E-state index contributed by atoms with van der Waals surface area (Å²) in [6.07, 6.45) is 9.84. The average molecular weight is 788 g/mol. The standard InChI is InChI=1S/C14H13NO5.C14H2.C11H9NO4.CH4.H3NO5.5H2/c16-14(19-7-10-4-2-1-3-5-10)12-6-13(15-20-12)18-9-11-8-17-11;1-3-5-7-9-11-13-14-12-10-8-6-4-2;13-10-6-9(16-12-10)11(14)15-7-8-4-2-1-3-5-8;;2-4-1-5-6-3;;;;;/h1-6,11H,7-9H2;1-2H;1-6H,7H2,(H,12,13);1H4;1-3H;5*1H/t11-;;;;;;;;;/m1........./s1.